The highest BCUT2D eigenvalue weighted by molar-refractivity contribution is 6.17. The molecule has 1 aliphatic carbocycles. The Labute approximate surface area is 154 Å². The molecule has 0 aliphatic heterocycles. The van der Waals surface area contributed by atoms with Crippen molar-refractivity contribution in [1.29, 1.82) is 0 Å². The highest BCUT2D eigenvalue weighted by Gasteiger charge is 2.29. The Bertz CT molecular complexity index is 721. The zero-order valence-electron chi connectivity index (χ0n) is 14.9. The zero-order chi connectivity index (χ0) is 17.6. The first-order valence-corrected chi connectivity index (χ1v) is 9.75. The van der Waals surface area contributed by atoms with Gasteiger partial charge in [0.05, 0.1) is 18.4 Å². The van der Waals surface area contributed by atoms with E-state index in [-0.39, 0.29) is 5.97 Å². The molecule has 1 aromatic heterocycles. The molecule has 0 radical (unpaired) electrons. The number of ether oxygens (including phenoxy) is 1. The van der Waals surface area contributed by atoms with E-state index >= 15 is 0 Å². The first-order chi connectivity index (χ1) is 12.3. The molecule has 0 amide bonds. The number of benzene rings is 1. The summed E-state index contributed by atoms with van der Waals surface area (Å²) in [6, 6.07) is 10.2. The van der Waals surface area contributed by atoms with Crippen molar-refractivity contribution in [3.8, 4) is 11.3 Å². The molecule has 0 atom stereocenters. The van der Waals surface area contributed by atoms with E-state index in [1.54, 1.807) is 0 Å². The fourth-order valence-corrected chi connectivity index (χ4v) is 4.06. The topological polar surface area (TPSA) is 31.2 Å². The SMILES string of the molecule is COC(=O)c1c2c(n(CCCCCCl)c1-c1ccccc1)CCCC2. The third-order valence-corrected chi connectivity index (χ3v) is 5.29. The van der Waals surface area contributed by atoms with E-state index in [9.17, 15) is 4.79 Å². The molecule has 0 saturated heterocycles. The number of alkyl halides is 1. The van der Waals surface area contributed by atoms with E-state index in [2.05, 4.69) is 16.7 Å². The molecule has 3 rings (SSSR count). The minimum absolute atomic E-state index is 0.212. The van der Waals surface area contributed by atoms with Crippen LogP contribution in [-0.4, -0.2) is 23.5 Å². The number of aromatic nitrogens is 1. The quantitative estimate of drug-likeness (QED) is 0.385. The van der Waals surface area contributed by atoms with Crippen molar-refractivity contribution in [3.05, 3.63) is 47.2 Å². The number of halogens is 1. The Morgan fingerprint density at radius 3 is 2.60 bits per heavy atom. The molecule has 1 heterocycles. The van der Waals surface area contributed by atoms with Crippen LogP contribution in [0, 0.1) is 0 Å². The summed E-state index contributed by atoms with van der Waals surface area (Å²) in [5.41, 5.74) is 5.44. The normalized spacial score (nSPS) is 13.5. The molecule has 0 spiro atoms. The number of hydrogen-bond donors (Lipinski definition) is 0. The van der Waals surface area contributed by atoms with Crippen LogP contribution in [0.25, 0.3) is 11.3 Å². The van der Waals surface area contributed by atoms with E-state index in [0.29, 0.717) is 5.88 Å². The lowest BCUT2D eigenvalue weighted by Crippen LogP contribution is -2.10. The molecule has 1 aliphatic rings. The van der Waals surface area contributed by atoms with Gasteiger partial charge in [-0.05, 0) is 49.7 Å². The van der Waals surface area contributed by atoms with Crippen molar-refractivity contribution in [3.63, 3.8) is 0 Å². The minimum Gasteiger partial charge on any atom is -0.465 e. The van der Waals surface area contributed by atoms with Gasteiger partial charge in [0.1, 0.15) is 0 Å². The fraction of sp³-hybridized carbons (Fsp3) is 0.476. The number of carbonyl (C=O) groups excluding carboxylic acids is 1. The summed E-state index contributed by atoms with van der Waals surface area (Å²) >= 11 is 5.82. The second kappa shape index (κ2) is 8.57. The van der Waals surface area contributed by atoms with Crippen LogP contribution in [0.4, 0.5) is 0 Å². The zero-order valence-corrected chi connectivity index (χ0v) is 15.6. The van der Waals surface area contributed by atoms with Gasteiger partial charge in [-0.1, -0.05) is 36.8 Å². The number of nitrogens with zero attached hydrogens (tertiary/aromatic N) is 1. The van der Waals surface area contributed by atoms with E-state index in [4.69, 9.17) is 16.3 Å². The Morgan fingerprint density at radius 1 is 1.12 bits per heavy atom. The molecule has 25 heavy (non-hydrogen) atoms. The molecule has 0 unspecified atom stereocenters. The van der Waals surface area contributed by atoms with Crippen molar-refractivity contribution in [2.45, 2.75) is 51.5 Å². The predicted molar refractivity (Wildman–Crippen MR) is 102 cm³/mol. The van der Waals surface area contributed by atoms with Gasteiger partial charge in [-0.25, -0.2) is 4.79 Å². The molecule has 3 nitrogen and oxygen atoms in total. The molecule has 0 bridgehead atoms. The van der Waals surface area contributed by atoms with Crippen LogP contribution in [0.2, 0.25) is 0 Å². The van der Waals surface area contributed by atoms with Gasteiger partial charge in [-0.15, -0.1) is 11.6 Å². The molecule has 0 fully saturated rings. The van der Waals surface area contributed by atoms with Gasteiger partial charge in [-0.3, -0.25) is 0 Å². The highest BCUT2D eigenvalue weighted by atomic mass is 35.5. The number of esters is 1. The maximum atomic E-state index is 12.6. The van der Waals surface area contributed by atoms with Crippen molar-refractivity contribution in [1.82, 2.24) is 4.57 Å². The number of carbonyl (C=O) groups is 1. The van der Waals surface area contributed by atoms with E-state index < -0.39 is 0 Å². The predicted octanol–water partition coefficient (Wildman–Crippen LogP) is 5.23. The molecule has 134 valence electrons. The molecule has 4 heteroatoms. The van der Waals surface area contributed by atoms with Crippen molar-refractivity contribution < 1.29 is 9.53 Å². The lowest BCUT2D eigenvalue weighted by molar-refractivity contribution is 0.0600. The third-order valence-electron chi connectivity index (χ3n) is 5.03. The summed E-state index contributed by atoms with van der Waals surface area (Å²) in [6.45, 7) is 0.931. The average Bonchev–Trinajstić information content (AvgIpc) is 3.00. The smallest absolute Gasteiger partial charge is 0.340 e. The lowest BCUT2D eigenvalue weighted by atomic mass is 9.93. The molecule has 2 aromatic rings. The minimum atomic E-state index is -0.212. The molecule has 1 aromatic carbocycles. The molecular weight excluding hydrogens is 334 g/mol. The number of fused-ring (bicyclic) bond motifs is 1. The second-order valence-corrected chi connectivity index (χ2v) is 6.99. The number of unbranched alkanes of at least 4 members (excludes halogenated alkanes) is 2. The van der Waals surface area contributed by atoms with Crippen LogP contribution < -0.4 is 0 Å². The van der Waals surface area contributed by atoms with Crippen LogP contribution in [0.15, 0.2) is 30.3 Å². The van der Waals surface area contributed by atoms with Gasteiger partial charge >= 0.3 is 5.97 Å². The highest BCUT2D eigenvalue weighted by Crippen LogP contribution is 2.37. The lowest BCUT2D eigenvalue weighted by Gasteiger charge is -2.17. The summed E-state index contributed by atoms with van der Waals surface area (Å²) in [6.07, 6.45) is 7.56. The first-order valence-electron chi connectivity index (χ1n) is 9.21. The van der Waals surface area contributed by atoms with Crippen molar-refractivity contribution in [2.24, 2.45) is 0 Å². The number of hydrogen-bond acceptors (Lipinski definition) is 2. The van der Waals surface area contributed by atoms with E-state index in [1.165, 1.54) is 24.8 Å². The maximum absolute atomic E-state index is 12.6. The number of methoxy groups -OCH3 is 1. The largest absolute Gasteiger partial charge is 0.465 e. The van der Waals surface area contributed by atoms with Crippen molar-refractivity contribution >= 4 is 17.6 Å². The standard InChI is InChI=1S/C21H26ClNO2/c1-25-21(24)19-17-12-6-7-13-18(17)23(15-9-3-8-14-22)20(19)16-10-4-2-5-11-16/h2,4-5,10-11H,3,6-9,12-15H2,1H3. The summed E-state index contributed by atoms with van der Waals surface area (Å²) in [4.78, 5) is 12.6. The fourth-order valence-electron chi connectivity index (χ4n) is 3.88. The van der Waals surface area contributed by atoms with Crippen LogP contribution in [0.5, 0.6) is 0 Å². The van der Waals surface area contributed by atoms with Gasteiger partial charge in [0, 0.05) is 18.1 Å². The van der Waals surface area contributed by atoms with Gasteiger partial charge in [0.2, 0.25) is 0 Å². The molecule has 0 N–H and O–H groups in total. The van der Waals surface area contributed by atoms with Gasteiger partial charge in [0.15, 0.2) is 0 Å². The monoisotopic (exact) mass is 359 g/mol. The number of rotatable bonds is 7. The van der Waals surface area contributed by atoms with E-state index in [1.807, 2.05) is 18.2 Å². The summed E-state index contributed by atoms with van der Waals surface area (Å²) in [5, 5.41) is 0. The van der Waals surface area contributed by atoms with Crippen molar-refractivity contribution in [2.75, 3.05) is 13.0 Å². The van der Waals surface area contributed by atoms with E-state index in [0.717, 1.165) is 61.9 Å². The van der Waals surface area contributed by atoms with Gasteiger partial charge in [0.25, 0.3) is 0 Å². The maximum Gasteiger partial charge on any atom is 0.340 e. The summed E-state index contributed by atoms with van der Waals surface area (Å²) < 4.78 is 7.53. The second-order valence-electron chi connectivity index (χ2n) is 6.61. The molecule has 0 saturated carbocycles. The summed E-state index contributed by atoms with van der Waals surface area (Å²) in [5.74, 6) is 0.499. The Balaban J connectivity index is 2.10. The van der Waals surface area contributed by atoms with Gasteiger partial charge < -0.3 is 9.30 Å². The summed E-state index contributed by atoms with van der Waals surface area (Å²) in [7, 11) is 1.48. The third kappa shape index (κ3) is 3.77. The Hall–Kier alpha value is -1.74. The Morgan fingerprint density at radius 2 is 1.88 bits per heavy atom. The first kappa shape index (κ1) is 18.1. The van der Waals surface area contributed by atoms with Crippen LogP contribution >= 0.6 is 11.6 Å². The van der Waals surface area contributed by atoms with Crippen LogP contribution in [0.1, 0.15) is 53.7 Å². The van der Waals surface area contributed by atoms with Gasteiger partial charge in [-0.2, -0.15) is 0 Å². The van der Waals surface area contributed by atoms with Crippen LogP contribution in [0.3, 0.4) is 0 Å². The van der Waals surface area contributed by atoms with Crippen LogP contribution in [-0.2, 0) is 24.1 Å². The average molecular weight is 360 g/mol. The Kier molecular flexibility index (Phi) is 6.19. The molecular formula is C21H26ClNO2.